The summed E-state index contributed by atoms with van der Waals surface area (Å²) in [6.07, 6.45) is 21.0. The number of esters is 1. The minimum absolute atomic E-state index is 0.124. The van der Waals surface area contributed by atoms with Gasteiger partial charge in [-0.15, -0.1) is 0 Å². The van der Waals surface area contributed by atoms with Gasteiger partial charge in [-0.3, -0.25) is 14.2 Å². The number of unbranched alkanes of at least 4 members (excludes halogenated alkanes) is 12. The molecule has 1 heterocycles. The maximum absolute atomic E-state index is 12.7. The molecule has 0 aliphatic rings. The number of ether oxygens (including phenoxy) is 1. The van der Waals surface area contributed by atoms with Crippen LogP contribution in [0.2, 0.25) is 0 Å². The number of aliphatic carboxylic acids is 1. The Kier molecular flexibility index (Phi) is 18.3. The van der Waals surface area contributed by atoms with Crippen molar-refractivity contribution in [1.82, 2.24) is 14.5 Å². The maximum Gasteiger partial charge on any atom is 0.329 e. The van der Waals surface area contributed by atoms with Crippen molar-refractivity contribution < 1.29 is 24.2 Å². The molecule has 8 nitrogen and oxygen atoms in total. The first-order chi connectivity index (χ1) is 17.0. The van der Waals surface area contributed by atoms with Crippen LogP contribution >= 0.6 is 0 Å². The van der Waals surface area contributed by atoms with E-state index < -0.39 is 5.97 Å². The van der Waals surface area contributed by atoms with Crippen molar-refractivity contribution in [3.63, 3.8) is 0 Å². The lowest BCUT2D eigenvalue weighted by Crippen LogP contribution is -2.35. The minimum Gasteiger partial charge on any atom is -0.481 e. The van der Waals surface area contributed by atoms with Gasteiger partial charge in [0.2, 0.25) is 0 Å². The van der Waals surface area contributed by atoms with E-state index in [1.807, 2.05) is 0 Å². The summed E-state index contributed by atoms with van der Waals surface area (Å²) in [5.74, 6) is -0.919. The van der Waals surface area contributed by atoms with Crippen molar-refractivity contribution >= 4 is 18.0 Å². The number of carboxylic acids is 1. The van der Waals surface area contributed by atoms with E-state index in [1.54, 1.807) is 17.3 Å². The molecule has 0 unspecified atom stereocenters. The Morgan fingerprint density at radius 2 is 1.37 bits per heavy atom. The maximum atomic E-state index is 12.7. The highest BCUT2D eigenvalue weighted by Crippen LogP contribution is 2.11. The number of imidazole rings is 1. The van der Waals surface area contributed by atoms with Gasteiger partial charge >= 0.3 is 18.0 Å². The largest absolute Gasteiger partial charge is 0.481 e. The molecule has 0 fully saturated rings. The summed E-state index contributed by atoms with van der Waals surface area (Å²) in [5, 5.41) is 8.76. The predicted octanol–water partition coefficient (Wildman–Crippen LogP) is 6.43. The number of aromatic nitrogens is 2. The number of amides is 1. The van der Waals surface area contributed by atoms with Gasteiger partial charge in [0.15, 0.2) is 0 Å². The molecule has 1 N–H and O–H groups in total. The van der Waals surface area contributed by atoms with Crippen molar-refractivity contribution in [2.75, 3.05) is 19.7 Å². The molecule has 0 radical (unpaired) electrons. The van der Waals surface area contributed by atoms with Crippen molar-refractivity contribution in [1.29, 1.82) is 0 Å². The van der Waals surface area contributed by atoms with Crippen molar-refractivity contribution in [2.45, 2.75) is 116 Å². The highest BCUT2D eigenvalue weighted by Gasteiger charge is 2.15. The van der Waals surface area contributed by atoms with Gasteiger partial charge in [-0.25, -0.2) is 9.78 Å². The third-order valence-corrected chi connectivity index (χ3v) is 6.13. The van der Waals surface area contributed by atoms with Gasteiger partial charge in [0.05, 0.1) is 6.61 Å². The van der Waals surface area contributed by atoms with Crippen LogP contribution in [-0.4, -0.2) is 57.2 Å². The van der Waals surface area contributed by atoms with Crippen LogP contribution in [-0.2, 0) is 14.3 Å². The predicted molar refractivity (Wildman–Crippen MR) is 137 cm³/mol. The van der Waals surface area contributed by atoms with E-state index in [0.29, 0.717) is 32.5 Å². The average Bonchev–Trinajstić information content (AvgIpc) is 3.38. The molecule has 200 valence electrons. The zero-order valence-electron chi connectivity index (χ0n) is 21.8. The summed E-state index contributed by atoms with van der Waals surface area (Å²) >= 11 is 0. The smallest absolute Gasteiger partial charge is 0.329 e. The van der Waals surface area contributed by atoms with Crippen LogP contribution < -0.4 is 0 Å². The summed E-state index contributed by atoms with van der Waals surface area (Å²) in [5.41, 5.74) is 0. The molecule has 0 bridgehead atoms. The molecule has 0 aromatic carbocycles. The molecular formula is C27H47N3O5. The Morgan fingerprint density at radius 3 is 1.94 bits per heavy atom. The molecule has 0 spiro atoms. The number of carbonyl (C=O) groups is 3. The molecule has 8 heteroatoms. The molecule has 1 amide bonds. The first-order valence-corrected chi connectivity index (χ1v) is 13.7. The van der Waals surface area contributed by atoms with Gasteiger partial charge < -0.3 is 14.7 Å². The molecule has 0 aliphatic carbocycles. The zero-order valence-corrected chi connectivity index (χ0v) is 21.8. The second kappa shape index (κ2) is 20.9. The molecule has 0 aliphatic heterocycles. The van der Waals surface area contributed by atoms with Crippen molar-refractivity contribution in [3.8, 4) is 0 Å². The van der Waals surface area contributed by atoms with Gasteiger partial charge in [-0.05, 0) is 32.1 Å². The average molecular weight is 494 g/mol. The lowest BCUT2D eigenvalue weighted by molar-refractivity contribution is -0.144. The van der Waals surface area contributed by atoms with E-state index >= 15 is 0 Å². The number of rotatable bonds is 22. The minimum atomic E-state index is -0.789. The lowest BCUT2D eigenvalue weighted by Gasteiger charge is -2.22. The standard InChI is InChI=1S/C27H47N3O5/c1-2-3-4-5-6-7-8-9-16-23-35-26(33)18-13-11-15-21-29(20-14-10-12-17-25(31)32)27(34)30-22-19-28-24-30/h19,22,24H,2-18,20-21,23H2,1H3,(H,31,32). The molecule has 1 aromatic rings. The zero-order chi connectivity index (χ0) is 25.6. The second-order valence-corrected chi connectivity index (χ2v) is 9.30. The molecule has 0 saturated carbocycles. The Hall–Kier alpha value is -2.38. The first kappa shape index (κ1) is 30.7. The fourth-order valence-corrected chi connectivity index (χ4v) is 4.01. The van der Waals surface area contributed by atoms with Crippen LogP contribution in [0, 0.1) is 0 Å². The molecule has 35 heavy (non-hydrogen) atoms. The van der Waals surface area contributed by atoms with Gasteiger partial charge in [0, 0.05) is 38.3 Å². The van der Waals surface area contributed by atoms with E-state index in [1.165, 1.54) is 55.8 Å². The van der Waals surface area contributed by atoms with Crippen molar-refractivity contribution in [3.05, 3.63) is 18.7 Å². The van der Waals surface area contributed by atoms with Crippen LogP contribution in [0.15, 0.2) is 18.7 Å². The molecule has 0 saturated heterocycles. The Labute approximate surface area is 211 Å². The fraction of sp³-hybridized carbons (Fsp3) is 0.778. The number of hydrogen-bond donors (Lipinski definition) is 1. The Balaban J connectivity index is 2.12. The molecule has 1 aromatic heterocycles. The lowest BCUT2D eigenvalue weighted by atomic mass is 10.1. The highest BCUT2D eigenvalue weighted by molar-refractivity contribution is 5.76. The first-order valence-electron chi connectivity index (χ1n) is 13.7. The summed E-state index contributed by atoms with van der Waals surface area (Å²) in [6, 6.07) is -0.124. The third kappa shape index (κ3) is 16.8. The third-order valence-electron chi connectivity index (χ3n) is 6.13. The van der Waals surface area contributed by atoms with Gasteiger partial charge in [-0.2, -0.15) is 0 Å². The number of carbonyl (C=O) groups excluding carboxylic acids is 2. The quantitative estimate of drug-likeness (QED) is 0.147. The van der Waals surface area contributed by atoms with Gasteiger partial charge in [-0.1, -0.05) is 71.1 Å². The topological polar surface area (TPSA) is 102 Å². The van der Waals surface area contributed by atoms with Crippen molar-refractivity contribution in [2.24, 2.45) is 0 Å². The van der Waals surface area contributed by atoms with Crippen LogP contribution in [0.4, 0.5) is 4.79 Å². The highest BCUT2D eigenvalue weighted by atomic mass is 16.5. The van der Waals surface area contributed by atoms with Crippen LogP contribution in [0.3, 0.4) is 0 Å². The second-order valence-electron chi connectivity index (χ2n) is 9.30. The van der Waals surface area contributed by atoms with E-state index in [9.17, 15) is 14.4 Å². The van der Waals surface area contributed by atoms with E-state index in [2.05, 4.69) is 11.9 Å². The van der Waals surface area contributed by atoms with Gasteiger partial charge in [0.25, 0.3) is 0 Å². The number of hydrogen-bond acceptors (Lipinski definition) is 5. The SMILES string of the molecule is CCCCCCCCCCCOC(=O)CCCCCN(CCCCCC(=O)O)C(=O)n1ccnc1. The summed E-state index contributed by atoms with van der Waals surface area (Å²) in [4.78, 5) is 41.0. The molecular weight excluding hydrogens is 446 g/mol. The van der Waals surface area contributed by atoms with Crippen LogP contribution in [0.25, 0.3) is 0 Å². The Morgan fingerprint density at radius 1 is 0.800 bits per heavy atom. The van der Waals surface area contributed by atoms with E-state index in [0.717, 1.165) is 44.9 Å². The van der Waals surface area contributed by atoms with E-state index in [4.69, 9.17) is 9.84 Å². The summed E-state index contributed by atoms with van der Waals surface area (Å²) in [7, 11) is 0. The monoisotopic (exact) mass is 493 g/mol. The normalized spacial score (nSPS) is 10.9. The summed E-state index contributed by atoms with van der Waals surface area (Å²) < 4.78 is 6.81. The molecule has 1 rings (SSSR count). The number of nitrogens with zero attached hydrogens (tertiary/aromatic N) is 3. The number of carboxylic acid groups (broad SMARTS) is 1. The fourth-order valence-electron chi connectivity index (χ4n) is 4.01. The Bertz CT molecular complexity index is 678. The van der Waals surface area contributed by atoms with Gasteiger partial charge in [0.1, 0.15) is 6.33 Å². The van der Waals surface area contributed by atoms with E-state index in [-0.39, 0.29) is 18.4 Å². The summed E-state index contributed by atoms with van der Waals surface area (Å²) in [6.45, 7) is 3.93. The molecule has 0 atom stereocenters. The van der Waals surface area contributed by atoms with Crippen LogP contribution in [0.5, 0.6) is 0 Å². The van der Waals surface area contributed by atoms with Crippen LogP contribution in [0.1, 0.15) is 116 Å².